The summed E-state index contributed by atoms with van der Waals surface area (Å²) in [5.74, 6) is 0.805. The molecular weight excluding hydrogens is 324 g/mol. The van der Waals surface area contributed by atoms with Gasteiger partial charge in [0, 0.05) is 6.54 Å². The molecule has 1 saturated heterocycles. The molecule has 3 rings (SSSR count). The van der Waals surface area contributed by atoms with Crippen LogP contribution in [0.3, 0.4) is 0 Å². The van der Waals surface area contributed by atoms with Gasteiger partial charge in [0.2, 0.25) is 10.0 Å². The molecule has 6 heteroatoms. The molecule has 24 heavy (non-hydrogen) atoms. The Labute approximate surface area is 143 Å². The van der Waals surface area contributed by atoms with Crippen molar-refractivity contribution in [3.8, 4) is 0 Å². The summed E-state index contributed by atoms with van der Waals surface area (Å²) in [6.45, 7) is 6.14. The summed E-state index contributed by atoms with van der Waals surface area (Å²) in [7, 11) is -3.53. The van der Waals surface area contributed by atoms with E-state index in [2.05, 4.69) is 9.62 Å². The topological polar surface area (TPSA) is 62.6 Å². The van der Waals surface area contributed by atoms with Crippen LogP contribution in [0.5, 0.6) is 0 Å². The standard InChI is InChI=1S/C18H24N2O3S/c1-14-7-8-16(12-15(14)2)24(21,22)19-13-17(18-6-5-11-23-18)20-9-3-4-10-20/h5-8,11-12,17,19H,3-4,9-10,13H2,1-2H3/t17-/m1/s1. The van der Waals surface area contributed by atoms with Gasteiger partial charge in [0.15, 0.2) is 0 Å². The Balaban J connectivity index is 1.76. The van der Waals surface area contributed by atoms with Crippen molar-refractivity contribution >= 4 is 10.0 Å². The quantitative estimate of drug-likeness (QED) is 0.872. The van der Waals surface area contributed by atoms with Crippen molar-refractivity contribution < 1.29 is 12.8 Å². The molecule has 1 aliphatic rings. The summed E-state index contributed by atoms with van der Waals surface area (Å²) in [5, 5.41) is 0. The first-order valence-electron chi connectivity index (χ1n) is 8.32. The third-order valence-corrected chi connectivity index (χ3v) is 6.13. The normalized spacial score (nSPS) is 17.2. The van der Waals surface area contributed by atoms with Gasteiger partial charge in [-0.3, -0.25) is 4.90 Å². The maximum Gasteiger partial charge on any atom is 0.240 e. The lowest BCUT2D eigenvalue weighted by molar-refractivity contribution is 0.216. The second-order valence-corrected chi connectivity index (χ2v) is 8.14. The summed E-state index contributed by atoms with van der Waals surface area (Å²) in [6, 6.07) is 8.90. The molecule has 0 spiro atoms. The molecule has 0 radical (unpaired) electrons. The minimum Gasteiger partial charge on any atom is -0.468 e. The first-order valence-corrected chi connectivity index (χ1v) is 9.80. The maximum absolute atomic E-state index is 12.6. The lowest BCUT2D eigenvalue weighted by atomic mass is 10.1. The molecule has 0 saturated carbocycles. The van der Waals surface area contributed by atoms with Crippen molar-refractivity contribution in [2.75, 3.05) is 19.6 Å². The molecule has 0 aliphatic carbocycles. The van der Waals surface area contributed by atoms with Crippen molar-refractivity contribution in [2.24, 2.45) is 0 Å². The predicted molar refractivity (Wildman–Crippen MR) is 93.4 cm³/mol. The molecule has 2 aromatic rings. The zero-order valence-corrected chi connectivity index (χ0v) is 15.0. The van der Waals surface area contributed by atoms with Gasteiger partial charge in [0.05, 0.1) is 17.2 Å². The van der Waals surface area contributed by atoms with E-state index in [9.17, 15) is 8.42 Å². The van der Waals surface area contributed by atoms with Gasteiger partial charge >= 0.3 is 0 Å². The highest BCUT2D eigenvalue weighted by Crippen LogP contribution is 2.25. The lowest BCUT2D eigenvalue weighted by Crippen LogP contribution is -2.36. The zero-order valence-electron chi connectivity index (χ0n) is 14.2. The van der Waals surface area contributed by atoms with E-state index in [4.69, 9.17) is 4.42 Å². The second-order valence-electron chi connectivity index (χ2n) is 6.37. The van der Waals surface area contributed by atoms with E-state index in [1.165, 1.54) is 0 Å². The predicted octanol–water partition coefficient (Wildman–Crippen LogP) is 3.01. The van der Waals surface area contributed by atoms with Gasteiger partial charge in [-0.1, -0.05) is 6.07 Å². The maximum atomic E-state index is 12.6. The van der Waals surface area contributed by atoms with Gasteiger partial charge < -0.3 is 4.42 Å². The molecule has 0 unspecified atom stereocenters. The third kappa shape index (κ3) is 3.71. The number of nitrogens with zero attached hydrogens (tertiary/aromatic N) is 1. The average molecular weight is 348 g/mol. The van der Waals surface area contributed by atoms with Crippen molar-refractivity contribution in [2.45, 2.75) is 37.6 Å². The molecule has 1 aromatic carbocycles. The molecular formula is C18H24N2O3S. The molecule has 2 heterocycles. The zero-order chi connectivity index (χ0) is 17.2. The van der Waals surface area contributed by atoms with Crippen molar-refractivity contribution in [1.29, 1.82) is 0 Å². The molecule has 0 bridgehead atoms. The Kier molecular flexibility index (Phi) is 5.08. The van der Waals surface area contributed by atoms with Crippen LogP contribution in [0.2, 0.25) is 0 Å². The average Bonchev–Trinajstić information content (AvgIpc) is 3.24. The molecule has 5 nitrogen and oxygen atoms in total. The van der Waals surface area contributed by atoms with Gasteiger partial charge in [-0.15, -0.1) is 0 Å². The lowest BCUT2D eigenvalue weighted by Gasteiger charge is -2.26. The van der Waals surface area contributed by atoms with E-state index < -0.39 is 10.0 Å². The van der Waals surface area contributed by atoms with Crippen molar-refractivity contribution in [3.05, 3.63) is 53.5 Å². The summed E-state index contributed by atoms with van der Waals surface area (Å²) in [6.07, 6.45) is 3.92. The first-order chi connectivity index (χ1) is 11.5. The van der Waals surface area contributed by atoms with Gasteiger partial charge in [-0.05, 0) is 75.2 Å². The van der Waals surface area contributed by atoms with Crippen LogP contribution < -0.4 is 4.72 Å². The summed E-state index contributed by atoms with van der Waals surface area (Å²) < 4.78 is 33.5. The van der Waals surface area contributed by atoms with Crippen LogP contribution in [0, 0.1) is 13.8 Å². The Morgan fingerprint density at radius 3 is 2.54 bits per heavy atom. The van der Waals surface area contributed by atoms with Crippen LogP contribution in [0.1, 0.15) is 35.8 Å². The van der Waals surface area contributed by atoms with Crippen LogP contribution in [0.4, 0.5) is 0 Å². The Morgan fingerprint density at radius 2 is 1.92 bits per heavy atom. The first kappa shape index (κ1) is 17.2. The van der Waals surface area contributed by atoms with Crippen LogP contribution in [0.15, 0.2) is 45.9 Å². The molecule has 1 aliphatic heterocycles. The highest BCUT2D eigenvalue weighted by Gasteiger charge is 2.27. The molecule has 130 valence electrons. The van der Waals surface area contributed by atoms with Gasteiger partial charge in [-0.2, -0.15) is 0 Å². The van der Waals surface area contributed by atoms with E-state index in [0.29, 0.717) is 11.4 Å². The SMILES string of the molecule is Cc1ccc(S(=O)(=O)NC[C@H](c2ccco2)N2CCCC2)cc1C. The molecule has 0 amide bonds. The summed E-state index contributed by atoms with van der Waals surface area (Å²) >= 11 is 0. The van der Waals surface area contributed by atoms with Gasteiger partial charge in [0.25, 0.3) is 0 Å². The second kappa shape index (κ2) is 7.09. The molecule has 1 fully saturated rings. The number of likely N-dealkylation sites (tertiary alicyclic amines) is 1. The van der Waals surface area contributed by atoms with Crippen molar-refractivity contribution in [3.63, 3.8) is 0 Å². The number of furan rings is 1. The van der Waals surface area contributed by atoms with E-state index >= 15 is 0 Å². The minimum atomic E-state index is -3.53. The van der Waals surface area contributed by atoms with E-state index in [1.807, 2.05) is 32.0 Å². The number of hydrogen-bond acceptors (Lipinski definition) is 4. The van der Waals surface area contributed by atoms with Gasteiger partial charge in [-0.25, -0.2) is 13.1 Å². The molecule has 1 N–H and O–H groups in total. The Bertz CT molecular complexity index is 779. The largest absolute Gasteiger partial charge is 0.468 e. The highest BCUT2D eigenvalue weighted by molar-refractivity contribution is 7.89. The smallest absolute Gasteiger partial charge is 0.240 e. The monoisotopic (exact) mass is 348 g/mol. The number of sulfonamides is 1. The fourth-order valence-corrected chi connectivity index (χ4v) is 4.22. The van der Waals surface area contributed by atoms with Crippen molar-refractivity contribution in [1.82, 2.24) is 9.62 Å². The Morgan fingerprint density at radius 1 is 1.17 bits per heavy atom. The minimum absolute atomic E-state index is 0.0659. The molecule has 1 atom stereocenters. The van der Waals surface area contributed by atoms with Crippen LogP contribution in [-0.4, -0.2) is 33.0 Å². The van der Waals surface area contributed by atoms with Gasteiger partial charge in [0.1, 0.15) is 5.76 Å². The summed E-state index contributed by atoms with van der Waals surface area (Å²) in [4.78, 5) is 2.59. The number of hydrogen-bond donors (Lipinski definition) is 1. The summed E-state index contributed by atoms with van der Waals surface area (Å²) in [5.41, 5.74) is 2.06. The van der Waals surface area contributed by atoms with Crippen LogP contribution in [0.25, 0.3) is 0 Å². The number of rotatable bonds is 6. The fraction of sp³-hybridized carbons (Fsp3) is 0.444. The number of aryl methyl sites for hydroxylation is 2. The van der Waals surface area contributed by atoms with E-state index in [0.717, 1.165) is 42.8 Å². The van der Waals surface area contributed by atoms with E-state index in [-0.39, 0.29) is 6.04 Å². The number of benzene rings is 1. The molecule has 1 aromatic heterocycles. The Hall–Kier alpha value is -1.63. The fourth-order valence-electron chi connectivity index (χ4n) is 3.10. The highest BCUT2D eigenvalue weighted by atomic mass is 32.2. The third-order valence-electron chi connectivity index (χ3n) is 4.71. The number of nitrogens with one attached hydrogen (secondary N) is 1. The van der Waals surface area contributed by atoms with Crippen LogP contribution >= 0.6 is 0 Å². The van der Waals surface area contributed by atoms with E-state index in [1.54, 1.807) is 18.4 Å². The van der Waals surface area contributed by atoms with Crippen LogP contribution in [-0.2, 0) is 10.0 Å².